The molecule has 1 saturated heterocycles. The minimum absolute atomic E-state index is 0.139. The molecule has 5 heteroatoms. The zero-order valence-electron chi connectivity index (χ0n) is 12.5. The first kappa shape index (κ1) is 16.4. The lowest BCUT2D eigenvalue weighted by Crippen LogP contribution is -2.29. The van der Waals surface area contributed by atoms with Crippen LogP contribution in [0.15, 0.2) is 18.2 Å². The number of hydrogen-bond acceptors (Lipinski definition) is 3. The summed E-state index contributed by atoms with van der Waals surface area (Å²) < 4.78 is 27.0. The van der Waals surface area contributed by atoms with Gasteiger partial charge < -0.3 is 4.90 Å². The Morgan fingerprint density at radius 2 is 2.10 bits per heavy atom. The van der Waals surface area contributed by atoms with Crippen molar-refractivity contribution in [3.8, 4) is 0 Å². The van der Waals surface area contributed by atoms with Crippen LogP contribution >= 0.6 is 11.8 Å². The Bertz CT molecular complexity index is 519. The van der Waals surface area contributed by atoms with Crippen LogP contribution < -0.4 is 0 Å². The molecular weight excluding hydrogens is 292 g/mol. The summed E-state index contributed by atoms with van der Waals surface area (Å²) in [5.74, 6) is -1.29. The van der Waals surface area contributed by atoms with Gasteiger partial charge in [-0.1, -0.05) is 19.9 Å². The van der Waals surface area contributed by atoms with Gasteiger partial charge in [0.1, 0.15) is 0 Å². The Hall–Kier alpha value is -0.940. The molecule has 0 bridgehead atoms. The van der Waals surface area contributed by atoms with Crippen LogP contribution in [0, 0.1) is 11.6 Å². The van der Waals surface area contributed by atoms with E-state index in [0.29, 0.717) is 6.54 Å². The molecule has 1 aromatic rings. The van der Waals surface area contributed by atoms with Gasteiger partial charge in [0.05, 0.1) is 5.56 Å². The average molecular weight is 313 g/mol. The van der Waals surface area contributed by atoms with E-state index < -0.39 is 11.6 Å². The molecule has 1 aliphatic heterocycles. The van der Waals surface area contributed by atoms with Crippen molar-refractivity contribution in [3.63, 3.8) is 0 Å². The quantitative estimate of drug-likeness (QED) is 0.790. The minimum atomic E-state index is -1.03. The van der Waals surface area contributed by atoms with Crippen LogP contribution in [0.3, 0.4) is 0 Å². The van der Waals surface area contributed by atoms with Crippen LogP contribution in [0.25, 0.3) is 0 Å². The van der Waals surface area contributed by atoms with Crippen LogP contribution in [0.2, 0.25) is 0 Å². The molecule has 0 radical (unpaired) electrons. The Morgan fingerprint density at radius 3 is 2.86 bits per heavy atom. The molecule has 0 atom stereocenters. The minimum Gasteiger partial charge on any atom is -0.302 e. The lowest BCUT2D eigenvalue weighted by Gasteiger charge is -2.22. The maximum atomic E-state index is 13.6. The van der Waals surface area contributed by atoms with Gasteiger partial charge in [-0.05, 0) is 25.1 Å². The first-order chi connectivity index (χ1) is 9.89. The third-order valence-corrected chi connectivity index (χ3v) is 5.21. The number of ketones is 1. The Morgan fingerprint density at radius 1 is 1.33 bits per heavy atom. The fourth-order valence-electron chi connectivity index (χ4n) is 2.40. The second-order valence-electron chi connectivity index (χ2n) is 5.97. The largest absolute Gasteiger partial charge is 0.302 e. The molecule has 0 amide bonds. The molecule has 0 aromatic heterocycles. The number of carbonyl (C=O) groups excluding carboxylic acids is 1. The predicted molar refractivity (Wildman–Crippen MR) is 82.9 cm³/mol. The second-order valence-corrected chi connectivity index (χ2v) is 7.78. The summed E-state index contributed by atoms with van der Waals surface area (Å²) in [5.41, 5.74) is -0.139. The second kappa shape index (κ2) is 6.88. The monoisotopic (exact) mass is 313 g/mol. The summed E-state index contributed by atoms with van der Waals surface area (Å²) in [4.78, 5) is 14.3. The van der Waals surface area contributed by atoms with Crippen molar-refractivity contribution in [2.75, 3.05) is 25.4 Å². The van der Waals surface area contributed by atoms with Gasteiger partial charge in [0.15, 0.2) is 17.4 Å². The molecule has 1 heterocycles. The zero-order valence-corrected chi connectivity index (χ0v) is 13.3. The van der Waals surface area contributed by atoms with E-state index in [4.69, 9.17) is 0 Å². The zero-order chi connectivity index (χ0) is 15.5. The first-order valence-corrected chi connectivity index (χ1v) is 8.21. The number of nitrogens with zero attached hydrogens (tertiary/aromatic N) is 1. The topological polar surface area (TPSA) is 20.3 Å². The highest BCUT2D eigenvalue weighted by molar-refractivity contribution is 8.00. The molecule has 1 aliphatic rings. The summed E-state index contributed by atoms with van der Waals surface area (Å²) in [5, 5.41) is 0. The van der Waals surface area contributed by atoms with E-state index in [-0.39, 0.29) is 22.5 Å². The molecule has 2 nitrogen and oxygen atoms in total. The molecule has 116 valence electrons. The van der Waals surface area contributed by atoms with E-state index in [0.717, 1.165) is 31.3 Å². The maximum Gasteiger partial charge on any atom is 0.169 e. The first-order valence-electron chi connectivity index (χ1n) is 7.22. The average Bonchev–Trinajstić information content (AvgIpc) is 2.60. The summed E-state index contributed by atoms with van der Waals surface area (Å²) in [6, 6.07) is 3.75. The normalized spacial score (nSPS) is 19.2. The Kier molecular flexibility index (Phi) is 5.38. The molecular formula is C16H21F2NOS. The van der Waals surface area contributed by atoms with E-state index in [1.54, 1.807) is 0 Å². The predicted octanol–water partition coefficient (Wildman–Crippen LogP) is 3.76. The molecule has 0 aliphatic carbocycles. The van der Waals surface area contributed by atoms with Crippen LogP contribution in [-0.4, -0.2) is 40.8 Å². The van der Waals surface area contributed by atoms with Crippen molar-refractivity contribution in [3.05, 3.63) is 35.4 Å². The van der Waals surface area contributed by atoms with Crippen molar-refractivity contribution in [2.45, 2.75) is 31.4 Å². The summed E-state index contributed by atoms with van der Waals surface area (Å²) in [6.45, 7) is 6.94. The molecule has 0 N–H and O–H groups in total. The van der Waals surface area contributed by atoms with Crippen LogP contribution in [-0.2, 0) is 0 Å². The molecule has 21 heavy (non-hydrogen) atoms. The smallest absolute Gasteiger partial charge is 0.169 e. The van der Waals surface area contributed by atoms with Crippen molar-refractivity contribution >= 4 is 17.5 Å². The van der Waals surface area contributed by atoms with Gasteiger partial charge in [0, 0.05) is 30.0 Å². The van der Waals surface area contributed by atoms with Gasteiger partial charge in [-0.15, -0.1) is 0 Å². The number of rotatable bonds is 4. The van der Waals surface area contributed by atoms with Gasteiger partial charge in [-0.25, -0.2) is 8.78 Å². The third kappa shape index (κ3) is 4.51. The van der Waals surface area contributed by atoms with Crippen LogP contribution in [0.1, 0.15) is 37.0 Å². The van der Waals surface area contributed by atoms with Crippen molar-refractivity contribution in [2.24, 2.45) is 0 Å². The summed E-state index contributed by atoms with van der Waals surface area (Å²) in [7, 11) is 0. The van der Waals surface area contributed by atoms with Crippen molar-refractivity contribution < 1.29 is 13.6 Å². The Labute approximate surface area is 128 Å². The SMILES string of the molecule is CC1(C)CCN(CCC(=O)c2cccc(F)c2F)CCS1. The molecule has 0 unspecified atom stereocenters. The molecule has 0 saturated carbocycles. The fraction of sp³-hybridized carbons (Fsp3) is 0.562. The number of hydrogen-bond donors (Lipinski definition) is 0. The highest BCUT2D eigenvalue weighted by Gasteiger charge is 2.24. The highest BCUT2D eigenvalue weighted by Crippen LogP contribution is 2.30. The molecule has 1 fully saturated rings. The lowest BCUT2D eigenvalue weighted by atomic mass is 10.1. The van der Waals surface area contributed by atoms with Crippen LogP contribution in [0.4, 0.5) is 8.78 Å². The third-order valence-electron chi connectivity index (χ3n) is 3.84. The number of halogens is 2. The lowest BCUT2D eigenvalue weighted by molar-refractivity contribution is 0.0960. The van der Waals surface area contributed by atoms with Gasteiger partial charge in [0.25, 0.3) is 0 Å². The number of carbonyl (C=O) groups is 1. The molecule has 1 aromatic carbocycles. The number of thioether (sulfide) groups is 1. The summed E-state index contributed by atoms with van der Waals surface area (Å²) in [6.07, 6.45) is 1.30. The van der Waals surface area contributed by atoms with Gasteiger partial charge in [-0.2, -0.15) is 11.8 Å². The van der Waals surface area contributed by atoms with Crippen LogP contribution in [0.5, 0.6) is 0 Å². The molecule has 0 spiro atoms. The van der Waals surface area contributed by atoms with E-state index in [2.05, 4.69) is 18.7 Å². The highest BCUT2D eigenvalue weighted by atomic mass is 32.2. The summed E-state index contributed by atoms with van der Waals surface area (Å²) >= 11 is 1.94. The number of Topliss-reactive ketones (excluding diaryl/α,β-unsaturated/α-hetero) is 1. The maximum absolute atomic E-state index is 13.6. The van der Waals surface area contributed by atoms with E-state index >= 15 is 0 Å². The molecule has 2 rings (SSSR count). The van der Waals surface area contributed by atoms with E-state index in [1.807, 2.05) is 11.8 Å². The van der Waals surface area contributed by atoms with Crippen molar-refractivity contribution in [1.29, 1.82) is 0 Å². The van der Waals surface area contributed by atoms with E-state index in [1.165, 1.54) is 12.1 Å². The standard InChI is InChI=1S/C16H21F2NOS/c1-16(2)7-9-19(10-11-21-16)8-6-14(20)12-4-3-5-13(17)15(12)18/h3-5H,6-11H2,1-2H3. The van der Waals surface area contributed by atoms with Gasteiger partial charge in [0.2, 0.25) is 0 Å². The van der Waals surface area contributed by atoms with Crippen molar-refractivity contribution in [1.82, 2.24) is 4.90 Å². The number of benzene rings is 1. The fourth-order valence-corrected chi connectivity index (χ4v) is 3.54. The van der Waals surface area contributed by atoms with E-state index in [9.17, 15) is 13.6 Å². The van der Waals surface area contributed by atoms with Gasteiger partial charge in [-0.3, -0.25) is 4.79 Å². The Balaban J connectivity index is 1.91. The van der Waals surface area contributed by atoms with Gasteiger partial charge >= 0.3 is 0 Å².